The third kappa shape index (κ3) is 7.34. The molecule has 4 nitrogen and oxygen atoms in total. The second kappa shape index (κ2) is 10.4. The van der Waals surface area contributed by atoms with Crippen LogP contribution in [0.4, 0.5) is 0 Å². The standard InChI is InChI=1S/C25H31ClN2O2/c1-17-14-20(25(3,4)5)15-18(2)22(17)16-24(30)28-13-12-27-23(29)11-8-19-6-9-21(26)10-7-19/h6-11,14-15H,12-13,16H2,1-5H3,(H,27,29)(H,28,30). The maximum absolute atomic E-state index is 12.3. The molecule has 0 aliphatic heterocycles. The lowest BCUT2D eigenvalue weighted by Gasteiger charge is -2.22. The van der Waals surface area contributed by atoms with Crippen LogP contribution < -0.4 is 10.6 Å². The molecule has 2 aromatic rings. The monoisotopic (exact) mass is 426 g/mol. The first-order valence-corrected chi connectivity index (χ1v) is 10.5. The lowest BCUT2D eigenvalue weighted by atomic mass is 9.83. The summed E-state index contributed by atoms with van der Waals surface area (Å²) in [4.78, 5) is 24.2. The Morgan fingerprint density at radius 2 is 1.53 bits per heavy atom. The maximum Gasteiger partial charge on any atom is 0.244 e. The number of carbonyl (C=O) groups is 2. The molecule has 0 unspecified atom stereocenters. The van der Waals surface area contributed by atoms with Crippen molar-refractivity contribution in [1.29, 1.82) is 0 Å². The van der Waals surface area contributed by atoms with Crippen molar-refractivity contribution in [3.63, 3.8) is 0 Å². The van der Waals surface area contributed by atoms with E-state index in [0.29, 0.717) is 24.5 Å². The summed E-state index contributed by atoms with van der Waals surface area (Å²) in [5.41, 5.74) is 5.58. The highest BCUT2D eigenvalue weighted by Crippen LogP contribution is 2.27. The number of benzene rings is 2. The normalized spacial score (nSPS) is 11.5. The van der Waals surface area contributed by atoms with Crippen LogP contribution in [0.1, 0.15) is 48.6 Å². The Morgan fingerprint density at radius 1 is 0.967 bits per heavy atom. The Morgan fingerprint density at radius 3 is 2.10 bits per heavy atom. The summed E-state index contributed by atoms with van der Waals surface area (Å²) in [5.74, 6) is -0.251. The molecule has 2 amide bonds. The van der Waals surface area contributed by atoms with Crippen LogP contribution in [0.15, 0.2) is 42.5 Å². The molecular weight excluding hydrogens is 396 g/mol. The molecule has 2 aromatic carbocycles. The molecular formula is C25H31ClN2O2. The Labute approximate surface area is 184 Å². The summed E-state index contributed by atoms with van der Waals surface area (Å²) >= 11 is 5.84. The van der Waals surface area contributed by atoms with Crippen molar-refractivity contribution in [1.82, 2.24) is 10.6 Å². The highest BCUT2D eigenvalue weighted by atomic mass is 35.5. The molecule has 0 saturated carbocycles. The van der Waals surface area contributed by atoms with Crippen molar-refractivity contribution in [2.75, 3.05) is 13.1 Å². The molecule has 0 aromatic heterocycles. The predicted molar refractivity (Wildman–Crippen MR) is 125 cm³/mol. The third-order valence-corrected chi connectivity index (χ3v) is 5.19. The van der Waals surface area contributed by atoms with Crippen LogP contribution in [-0.4, -0.2) is 24.9 Å². The van der Waals surface area contributed by atoms with Crippen LogP contribution in [-0.2, 0) is 21.4 Å². The van der Waals surface area contributed by atoms with Crippen LogP contribution >= 0.6 is 11.6 Å². The van der Waals surface area contributed by atoms with Gasteiger partial charge in [-0.15, -0.1) is 0 Å². The molecule has 0 atom stereocenters. The zero-order chi connectivity index (χ0) is 22.3. The fraction of sp³-hybridized carbons (Fsp3) is 0.360. The topological polar surface area (TPSA) is 58.2 Å². The Hall–Kier alpha value is -2.59. The second-order valence-corrected chi connectivity index (χ2v) is 8.98. The summed E-state index contributed by atoms with van der Waals surface area (Å²) in [6, 6.07) is 11.6. The van der Waals surface area contributed by atoms with Crippen LogP contribution in [0.3, 0.4) is 0 Å². The van der Waals surface area contributed by atoms with E-state index in [1.165, 1.54) is 11.6 Å². The lowest BCUT2D eigenvalue weighted by molar-refractivity contribution is -0.121. The van der Waals surface area contributed by atoms with Gasteiger partial charge in [-0.1, -0.05) is 56.6 Å². The van der Waals surface area contributed by atoms with Gasteiger partial charge in [0.1, 0.15) is 0 Å². The number of halogens is 1. The summed E-state index contributed by atoms with van der Waals surface area (Å²) in [6.07, 6.45) is 3.53. The van der Waals surface area contributed by atoms with E-state index in [2.05, 4.69) is 57.4 Å². The Kier molecular flexibility index (Phi) is 8.24. The molecule has 2 rings (SSSR count). The SMILES string of the molecule is Cc1cc(C(C)(C)C)cc(C)c1CC(=O)NCCNC(=O)C=Cc1ccc(Cl)cc1. The highest BCUT2D eigenvalue weighted by molar-refractivity contribution is 6.30. The van der Waals surface area contributed by atoms with Crippen molar-refractivity contribution in [3.8, 4) is 0 Å². The van der Waals surface area contributed by atoms with Crippen molar-refractivity contribution in [2.45, 2.75) is 46.5 Å². The molecule has 0 aliphatic carbocycles. The van der Waals surface area contributed by atoms with Crippen molar-refractivity contribution in [2.24, 2.45) is 0 Å². The number of rotatable bonds is 7. The highest BCUT2D eigenvalue weighted by Gasteiger charge is 2.17. The summed E-state index contributed by atoms with van der Waals surface area (Å²) < 4.78 is 0. The smallest absolute Gasteiger partial charge is 0.244 e. The Bertz CT molecular complexity index is 902. The largest absolute Gasteiger partial charge is 0.354 e. The number of amides is 2. The number of aryl methyl sites for hydroxylation is 2. The molecule has 0 fully saturated rings. The summed E-state index contributed by atoms with van der Waals surface area (Å²) in [7, 11) is 0. The minimum atomic E-state index is -0.205. The molecule has 2 N–H and O–H groups in total. The molecule has 5 heteroatoms. The number of hydrogen-bond acceptors (Lipinski definition) is 2. The maximum atomic E-state index is 12.3. The third-order valence-electron chi connectivity index (χ3n) is 4.94. The number of carbonyl (C=O) groups excluding carboxylic acids is 2. The van der Waals surface area contributed by atoms with Gasteiger partial charge in [-0.3, -0.25) is 9.59 Å². The van der Waals surface area contributed by atoms with Crippen molar-refractivity contribution < 1.29 is 9.59 Å². The van der Waals surface area contributed by atoms with Gasteiger partial charge in [0.15, 0.2) is 0 Å². The number of nitrogens with one attached hydrogen (secondary N) is 2. The average Bonchev–Trinajstić information content (AvgIpc) is 2.66. The zero-order valence-electron chi connectivity index (χ0n) is 18.4. The van der Waals surface area contributed by atoms with E-state index in [9.17, 15) is 9.59 Å². The first-order valence-electron chi connectivity index (χ1n) is 10.1. The fourth-order valence-electron chi connectivity index (χ4n) is 3.12. The van der Waals surface area contributed by atoms with Gasteiger partial charge in [0, 0.05) is 24.2 Å². The predicted octanol–water partition coefficient (Wildman–Crippen LogP) is 4.74. The number of hydrogen-bond donors (Lipinski definition) is 2. The molecule has 0 spiro atoms. The van der Waals surface area contributed by atoms with Gasteiger partial charge in [0.25, 0.3) is 0 Å². The van der Waals surface area contributed by atoms with E-state index in [-0.39, 0.29) is 17.2 Å². The van der Waals surface area contributed by atoms with Gasteiger partial charge < -0.3 is 10.6 Å². The lowest BCUT2D eigenvalue weighted by Crippen LogP contribution is -2.34. The van der Waals surface area contributed by atoms with Crippen LogP contribution in [0.2, 0.25) is 5.02 Å². The molecule has 0 radical (unpaired) electrons. The summed E-state index contributed by atoms with van der Waals surface area (Å²) in [5, 5.41) is 6.29. The van der Waals surface area contributed by atoms with Gasteiger partial charge in [-0.25, -0.2) is 0 Å². The van der Waals surface area contributed by atoms with E-state index in [4.69, 9.17) is 11.6 Å². The molecule has 0 saturated heterocycles. The minimum Gasteiger partial charge on any atom is -0.354 e. The molecule has 30 heavy (non-hydrogen) atoms. The zero-order valence-corrected chi connectivity index (χ0v) is 19.2. The Balaban J connectivity index is 1.78. The van der Waals surface area contributed by atoms with Gasteiger partial charge in [-0.05, 0) is 65.3 Å². The van der Waals surface area contributed by atoms with E-state index in [0.717, 1.165) is 22.3 Å². The quantitative estimate of drug-likeness (QED) is 0.496. The van der Waals surface area contributed by atoms with E-state index in [1.807, 2.05) is 12.1 Å². The summed E-state index contributed by atoms with van der Waals surface area (Å²) in [6.45, 7) is 11.4. The average molecular weight is 427 g/mol. The van der Waals surface area contributed by atoms with E-state index in [1.54, 1.807) is 18.2 Å². The molecule has 0 heterocycles. The van der Waals surface area contributed by atoms with Gasteiger partial charge >= 0.3 is 0 Å². The van der Waals surface area contributed by atoms with Crippen LogP contribution in [0.25, 0.3) is 6.08 Å². The first kappa shape index (κ1) is 23.7. The minimum absolute atomic E-state index is 0.0457. The van der Waals surface area contributed by atoms with Gasteiger partial charge in [0.05, 0.1) is 6.42 Å². The van der Waals surface area contributed by atoms with Gasteiger partial charge in [0.2, 0.25) is 11.8 Å². The molecule has 0 bridgehead atoms. The van der Waals surface area contributed by atoms with Gasteiger partial charge in [-0.2, -0.15) is 0 Å². The second-order valence-electron chi connectivity index (χ2n) is 8.54. The first-order chi connectivity index (χ1) is 14.1. The fourth-order valence-corrected chi connectivity index (χ4v) is 3.25. The van der Waals surface area contributed by atoms with Crippen LogP contribution in [0, 0.1) is 13.8 Å². The molecule has 160 valence electrons. The van der Waals surface area contributed by atoms with Crippen molar-refractivity contribution >= 4 is 29.5 Å². The van der Waals surface area contributed by atoms with E-state index < -0.39 is 0 Å². The van der Waals surface area contributed by atoms with Crippen molar-refractivity contribution in [3.05, 3.63) is 75.3 Å². The molecule has 0 aliphatic rings. The van der Waals surface area contributed by atoms with Crippen LogP contribution in [0.5, 0.6) is 0 Å². The van der Waals surface area contributed by atoms with E-state index >= 15 is 0 Å².